The minimum atomic E-state index is -1.90. The van der Waals surface area contributed by atoms with Crippen molar-refractivity contribution in [3.05, 3.63) is 42.0 Å². The van der Waals surface area contributed by atoms with Crippen molar-refractivity contribution in [1.82, 2.24) is 0 Å². The molecular weight excluding hydrogens is 505 g/mol. The van der Waals surface area contributed by atoms with Crippen LogP contribution in [0.5, 0.6) is 5.75 Å². The third kappa shape index (κ3) is 13.1. The molecule has 216 valence electrons. The zero-order chi connectivity index (χ0) is 28.9. The van der Waals surface area contributed by atoms with Gasteiger partial charge in [-0.15, -0.1) is 0 Å². The van der Waals surface area contributed by atoms with Gasteiger partial charge in [0.15, 0.2) is 16.6 Å². The molecule has 0 unspecified atom stereocenters. The molecule has 0 aromatic heterocycles. The molecule has 1 aromatic carbocycles. The fraction of sp³-hybridized carbons (Fsp3) is 0.688. The third-order valence-corrected chi connectivity index (χ3v) is 16.9. The summed E-state index contributed by atoms with van der Waals surface area (Å²) in [4.78, 5) is 0. The molecule has 1 atom stereocenters. The minimum Gasteiger partial charge on any atom is -0.497 e. The van der Waals surface area contributed by atoms with Crippen LogP contribution in [-0.4, -0.2) is 43.1 Å². The van der Waals surface area contributed by atoms with Crippen molar-refractivity contribution in [3.63, 3.8) is 0 Å². The highest BCUT2D eigenvalue weighted by Gasteiger charge is 2.39. The first-order valence-corrected chi connectivity index (χ1v) is 20.1. The van der Waals surface area contributed by atoms with Crippen LogP contribution in [0.1, 0.15) is 79.2 Å². The molecule has 0 aliphatic carbocycles. The van der Waals surface area contributed by atoms with Gasteiger partial charge in [-0.3, -0.25) is 0 Å². The maximum absolute atomic E-state index is 6.68. The predicted molar refractivity (Wildman–Crippen MR) is 168 cm³/mol. The van der Waals surface area contributed by atoms with Crippen molar-refractivity contribution < 1.29 is 18.3 Å². The Hall–Kier alpha value is -1.37. The van der Waals surface area contributed by atoms with E-state index in [4.69, 9.17) is 18.3 Å². The Kier molecular flexibility index (Phi) is 14.6. The lowest BCUT2D eigenvalue weighted by molar-refractivity contribution is 0.114. The van der Waals surface area contributed by atoms with Crippen molar-refractivity contribution >= 4 is 16.6 Å². The second-order valence-corrected chi connectivity index (χ2v) is 22.8. The molecule has 0 N–H and O–H groups in total. The molecule has 0 spiro atoms. The molecule has 38 heavy (non-hydrogen) atoms. The van der Waals surface area contributed by atoms with Crippen LogP contribution in [0.2, 0.25) is 36.3 Å². The molecular formula is C32H56O4Si2. The number of hydrogen-bond acceptors (Lipinski definition) is 4. The molecule has 0 aliphatic rings. The summed E-state index contributed by atoms with van der Waals surface area (Å²) in [6.45, 7) is 25.1. The molecule has 4 nitrogen and oxygen atoms in total. The molecule has 1 aromatic rings. The average molecular weight is 561 g/mol. The van der Waals surface area contributed by atoms with Gasteiger partial charge < -0.3 is 18.3 Å². The third-order valence-electron chi connectivity index (χ3n) is 7.91. The summed E-state index contributed by atoms with van der Waals surface area (Å²) in [5.74, 6) is 7.54. The Bertz CT molecular complexity index is 881. The topological polar surface area (TPSA) is 36.9 Å². The summed E-state index contributed by atoms with van der Waals surface area (Å²) in [5, 5.41) is 0.421. The SMILES string of the molecule is COc1ccc(COCCCC[C@@H](C#C/C=C/CCCO[Si](C)(C)C(C)(C)C)O[Si](C)(C)C(C)(C)C)cc1. The smallest absolute Gasteiger partial charge is 0.193 e. The van der Waals surface area contributed by atoms with Crippen molar-refractivity contribution in [3.8, 4) is 17.6 Å². The quantitative estimate of drug-likeness (QED) is 0.122. The molecule has 0 fully saturated rings. The lowest BCUT2D eigenvalue weighted by atomic mass is 10.1. The first-order valence-electron chi connectivity index (χ1n) is 14.3. The molecule has 0 heterocycles. The van der Waals surface area contributed by atoms with Gasteiger partial charge in [0.05, 0.1) is 13.7 Å². The summed E-state index contributed by atoms with van der Waals surface area (Å²) in [6.07, 6.45) is 9.10. The van der Waals surface area contributed by atoms with Crippen LogP contribution in [0.15, 0.2) is 36.4 Å². The van der Waals surface area contributed by atoms with Crippen molar-refractivity contribution in [2.75, 3.05) is 20.3 Å². The lowest BCUT2D eigenvalue weighted by Gasteiger charge is -2.38. The van der Waals surface area contributed by atoms with Crippen LogP contribution in [0.4, 0.5) is 0 Å². The van der Waals surface area contributed by atoms with E-state index in [1.165, 1.54) is 0 Å². The van der Waals surface area contributed by atoms with Gasteiger partial charge in [0.1, 0.15) is 11.9 Å². The van der Waals surface area contributed by atoms with E-state index in [0.29, 0.717) is 6.61 Å². The lowest BCUT2D eigenvalue weighted by Crippen LogP contribution is -2.43. The molecule has 0 saturated heterocycles. The Balaban J connectivity index is 2.51. The average Bonchev–Trinajstić information content (AvgIpc) is 2.81. The Labute approximate surface area is 237 Å². The summed E-state index contributed by atoms with van der Waals surface area (Å²) in [5.41, 5.74) is 1.16. The van der Waals surface area contributed by atoms with Gasteiger partial charge >= 0.3 is 0 Å². The molecule has 6 heteroatoms. The second-order valence-electron chi connectivity index (χ2n) is 13.2. The van der Waals surface area contributed by atoms with Crippen LogP contribution in [0.3, 0.4) is 0 Å². The van der Waals surface area contributed by atoms with Crippen LogP contribution < -0.4 is 4.74 Å². The number of hydrogen-bond donors (Lipinski definition) is 0. The largest absolute Gasteiger partial charge is 0.497 e. The monoisotopic (exact) mass is 560 g/mol. The van der Waals surface area contributed by atoms with Crippen molar-refractivity contribution in [2.24, 2.45) is 0 Å². The fourth-order valence-corrected chi connectivity index (χ4v) is 5.50. The summed E-state index contributed by atoms with van der Waals surface area (Å²) >= 11 is 0. The number of ether oxygens (including phenoxy) is 2. The van der Waals surface area contributed by atoms with Gasteiger partial charge in [-0.1, -0.05) is 71.6 Å². The number of allylic oxidation sites excluding steroid dienone is 2. The Morgan fingerprint density at radius 1 is 0.842 bits per heavy atom. The zero-order valence-electron chi connectivity index (χ0n) is 26.3. The maximum atomic E-state index is 6.68. The van der Waals surface area contributed by atoms with E-state index in [2.05, 4.69) is 85.6 Å². The summed E-state index contributed by atoms with van der Waals surface area (Å²) in [7, 11) is -1.87. The van der Waals surface area contributed by atoms with E-state index in [1.807, 2.05) is 30.3 Å². The summed E-state index contributed by atoms with van der Waals surface area (Å²) in [6, 6.07) is 8.04. The van der Waals surface area contributed by atoms with E-state index >= 15 is 0 Å². The normalized spacial score (nSPS) is 13.9. The predicted octanol–water partition coefficient (Wildman–Crippen LogP) is 9.13. The van der Waals surface area contributed by atoms with Crippen LogP contribution in [-0.2, 0) is 20.2 Å². The van der Waals surface area contributed by atoms with Gasteiger partial charge in [-0.2, -0.15) is 0 Å². The van der Waals surface area contributed by atoms with Crippen molar-refractivity contribution in [2.45, 2.75) is 123 Å². The minimum absolute atomic E-state index is 0.0379. The van der Waals surface area contributed by atoms with Gasteiger partial charge in [0.25, 0.3) is 0 Å². The van der Waals surface area contributed by atoms with Crippen molar-refractivity contribution in [1.29, 1.82) is 0 Å². The zero-order valence-corrected chi connectivity index (χ0v) is 28.3. The first kappa shape index (κ1) is 34.7. The van der Waals surface area contributed by atoms with Gasteiger partial charge in [0, 0.05) is 13.2 Å². The molecule has 0 bridgehead atoms. The van der Waals surface area contributed by atoms with Gasteiger partial charge in [-0.25, -0.2) is 0 Å². The highest BCUT2D eigenvalue weighted by molar-refractivity contribution is 6.74. The number of benzene rings is 1. The standard InChI is InChI=1S/C32H56O4Si2/c1-31(2,3)37(8,9)35-26-17-14-12-13-15-19-30(36-38(10,11)32(4,5)6)20-16-18-25-34-27-28-21-23-29(33-7)24-22-28/h12-13,21-24,30H,14,16-18,20,25-27H2,1-11H3/b13-12+/t30-/m1/s1. The van der Waals surface area contributed by atoms with Crippen LogP contribution in [0, 0.1) is 11.8 Å². The van der Waals surface area contributed by atoms with Gasteiger partial charge in [-0.05, 0) is 92.1 Å². The first-order chi connectivity index (χ1) is 17.6. The van der Waals surface area contributed by atoms with E-state index < -0.39 is 16.6 Å². The highest BCUT2D eigenvalue weighted by atomic mass is 28.4. The van der Waals surface area contributed by atoms with E-state index in [0.717, 1.165) is 56.6 Å². The van der Waals surface area contributed by atoms with Crippen LogP contribution in [0.25, 0.3) is 0 Å². The van der Waals surface area contributed by atoms with Crippen LogP contribution >= 0.6 is 0 Å². The fourth-order valence-electron chi connectivity index (χ4n) is 3.17. The molecule has 0 amide bonds. The molecule has 0 saturated carbocycles. The van der Waals surface area contributed by atoms with Gasteiger partial charge in [0.2, 0.25) is 0 Å². The Morgan fingerprint density at radius 2 is 1.47 bits per heavy atom. The number of unbranched alkanes of at least 4 members (excludes halogenated alkanes) is 2. The molecule has 0 radical (unpaired) electrons. The van der Waals surface area contributed by atoms with E-state index in [-0.39, 0.29) is 16.2 Å². The Morgan fingerprint density at radius 3 is 2.05 bits per heavy atom. The molecule has 0 aliphatic heterocycles. The maximum Gasteiger partial charge on any atom is 0.193 e. The van der Waals surface area contributed by atoms with E-state index in [1.54, 1.807) is 7.11 Å². The number of methoxy groups -OCH3 is 1. The second kappa shape index (κ2) is 16.0. The highest BCUT2D eigenvalue weighted by Crippen LogP contribution is 2.38. The number of rotatable bonds is 15. The van der Waals surface area contributed by atoms with E-state index in [9.17, 15) is 0 Å². The summed E-state index contributed by atoms with van der Waals surface area (Å²) < 4.78 is 24.0. The molecule has 1 rings (SSSR count).